The zero-order chi connectivity index (χ0) is 13.1. The van der Waals surface area contributed by atoms with Gasteiger partial charge in [0.05, 0.1) is 4.92 Å². The van der Waals surface area contributed by atoms with Crippen LogP contribution in [0.2, 0.25) is 5.02 Å². The van der Waals surface area contributed by atoms with E-state index in [9.17, 15) is 10.1 Å². The van der Waals surface area contributed by atoms with Crippen LogP contribution < -0.4 is 4.74 Å². The van der Waals surface area contributed by atoms with E-state index in [1.165, 1.54) is 18.2 Å². The van der Waals surface area contributed by atoms with Gasteiger partial charge in [-0.25, -0.2) is 4.63 Å². The summed E-state index contributed by atoms with van der Waals surface area (Å²) in [4.78, 5) is 10.0. The second-order valence-corrected chi connectivity index (χ2v) is 3.86. The number of halogens is 1. The fraction of sp³-hybridized carbons (Fsp3) is 0.200. The number of rotatable bonds is 4. The van der Waals surface area contributed by atoms with Gasteiger partial charge in [-0.05, 0) is 13.0 Å². The Labute approximate surface area is 106 Å². The first kappa shape index (κ1) is 12.3. The maximum atomic E-state index is 10.6. The molecule has 0 N–H and O–H groups in total. The van der Waals surface area contributed by atoms with E-state index in [4.69, 9.17) is 16.3 Å². The van der Waals surface area contributed by atoms with Crippen molar-refractivity contribution in [1.82, 2.24) is 10.3 Å². The van der Waals surface area contributed by atoms with Crippen LogP contribution in [0, 0.1) is 17.0 Å². The number of ether oxygens (including phenoxy) is 1. The van der Waals surface area contributed by atoms with Gasteiger partial charge in [0.25, 0.3) is 5.69 Å². The zero-order valence-corrected chi connectivity index (χ0v) is 10.0. The highest BCUT2D eigenvalue weighted by Crippen LogP contribution is 2.28. The zero-order valence-electron chi connectivity index (χ0n) is 9.29. The molecule has 0 aliphatic heterocycles. The van der Waals surface area contributed by atoms with Crippen molar-refractivity contribution in [2.75, 3.05) is 0 Å². The summed E-state index contributed by atoms with van der Waals surface area (Å²) >= 11 is 5.75. The number of hydrogen-bond donors (Lipinski definition) is 0. The predicted octanol–water partition coefficient (Wildman–Crippen LogP) is 2.52. The van der Waals surface area contributed by atoms with E-state index >= 15 is 0 Å². The number of nitro benzene ring substituents is 1. The number of aryl methyl sites for hydroxylation is 1. The molecule has 18 heavy (non-hydrogen) atoms. The molecule has 0 radical (unpaired) electrons. The van der Waals surface area contributed by atoms with E-state index in [-0.39, 0.29) is 17.3 Å². The summed E-state index contributed by atoms with van der Waals surface area (Å²) in [5.41, 5.74) is 1.02. The van der Waals surface area contributed by atoms with E-state index < -0.39 is 4.92 Å². The Morgan fingerprint density at radius 2 is 2.28 bits per heavy atom. The predicted molar refractivity (Wildman–Crippen MR) is 61.5 cm³/mol. The Morgan fingerprint density at radius 1 is 1.50 bits per heavy atom. The van der Waals surface area contributed by atoms with Crippen LogP contribution in [0.4, 0.5) is 5.69 Å². The molecule has 1 aromatic heterocycles. The number of benzene rings is 1. The fourth-order valence-corrected chi connectivity index (χ4v) is 1.50. The Hall–Kier alpha value is -2.15. The lowest BCUT2D eigenvalue weighted by Crippen LogP contribution is -1.98. The molecule has 0 bridgehead atoms. The second-order valence-electron chi connectivity index (χ2n) is 3.46. The summed E-state index contributed by atoms with van der Waals surface area (Å²) in [7, 11) is 0. The van der Waals surface area contributed by atoms with Gasteiger partial charge >= 0.3 is 0 Å². The quantitative estimate of drug-likeness (QED) is 0.625. The lowest BCUT2D eigenvalue weighted by molar-refractivity contribution is -0.384. The van der Waals surface area contributed by atoms with Gasteiger partial charge in [0.15, 0.2) is 0 Å². The first-order valence-corrected chi connectivity index (χ1v) is 5.30. The molecule has 94 valence electrons. The molecule has 0 aliphatic rings. The second kappa shape index (κ2) is 5.01. The Morgan fingerprint density at radius 3 is 2.83 bits per heavy atom. The van der Waals surface area contributed by atoms with Crippen LogP contribution in [0.1, 0.15) is 11.4 Å². The van der Waals surface area contributed by atoms with Crippen molar-refractivity contribution >= 4 is 17.3 Å². The van der Waals surface area contributed by atoms with E-state index in [2.05, 4.69) is 14.9 Å². The van der Waals surface area contributed by atoms with Gasteiger partial charge in [-0.15, -0.1) is 0 Å². The van der Waals surface area contributed by atoms with Crippen LogP contribution in [-0.2, 0) is 6.61 Å². The molecule has 2 aromatic rings. The molecule has 0 atom stereocenters. The first-order valence-electron chi connectivity index (χ1n) is 4.92. The third kappa shape index (κ3) is 2.57. The van der Waals surface area contributed by atoms with Gasteiger partial charge in [0, 0.05) is 12.1 Å². The van der Waals surface area contributed by atoms with Crippen molar-refractivity contribution < 1.29 is 14.3 Å². The summed E-state index contributed by atoms with van der Waals surface area (Å²) in [6, 6.07) is 4.13. The Balaban J connectivity index is 2.09. The molecule has 2 rings (SSSR count). The van der Waals surface area contributed by atoms with Crippen LogP contribution in [-0.4, -0.2) is 15.2 Å². The van der Waals surface area contributed by atoms with E-state index in [0.717, 1.165) is 0 Å². The van der Waals surface area contributed by atoms with E-state index in [0.29, 0.717) is 17.1 Å². The largest absolute Gasteiger partial charge is 0.487 e. The van der Waals surface area contributed by atoms with Crippen LogP contribution in [0.3, 0.4) is 0 Å². The first-order chi connectivity index (χ1) is 8.58. The van der Waals surface area contributed by atoms with Gasteiger partial charge < -0.3 is 4.74 Å². The minimum absolute atomic E-state index is 0.0208. The van der Waals surface area contributed by atoms with Gasteiger partial charge in [-0.3, -0.25) is 10.1 Å². The topological polar surface area (TPSA) is 91.3 Å². The molecule has 0 saturated carbocycles. The van der Waals surface area contributed by atoms with Gasteiger partial charge in [0.2, 0.25) is 0 Å². The number of hydrogen-bond acceptors (Lipinski definition) is 6. The van der Waals surface area contributed by atoms with Crippen molar-refractivity contribution in [2.45, 2.75) is 13.5 Å². The monoisotopic (exact) mass is 269 g/mol. The number of nitrogens with zero attached hydrogens (tertiary/aromatic N) is 3. The minimum atomic E-state index is -0.558. The number of aromatic nitrogens is 2. The highest BCUT2D eigenvalue weighted by atomic mass is 35.5. The van der Waals surface area contributed by atoms with Crippen molar-refractivity contribution in [1.29, 1.82) is 0 Å². The lowest BCUT2D eigenvalue weighted by atomic mass is 10.3. The fourth-order valence-electron chi connectivity index (χ4n) is 1.26. The Kier molecular flexibility index (Phi) is 3.42. The van der Waals surface area contributed by atoms with Crippen LogP contribution in [0.15, 0.2) is 22.8 Å². The van der Waals surface area contributed by atoms with Crippen molar-refractivity contribution in [3.05, 3.63) is 44.7 Å². The molecule has 0 saturated heterocycles. The molecule has 7 nitrogen and oxygen atoms in total. The molecule has 1 heterocycles. The molecular formula is C10H8ClN3O4. The van der Waals surface area contributed by atoms with Crippen LogP contribution >= 0.6 is 11.6 Å². The Bertz CT molecular complexity index is 584. The molecule has 0 unspecified atom stereocenters. The maximum absolute atomic E-state index is 10.6. The normalized spacial score (nSPS) is 10.3. The smallest absolute Gasteiger partial charge is 0.288 e. The molecule has 0 fully saturated rings. The third-order valence-corrected chi connectivity index (χ3v) is 2.54. The highest BCUT2D eigenvalue weighted by molar-refractivity contribution is 6.32. The summed E-state index contributed by atoms with van der Waals surface area (Å²) in [6.07, 6.45) is 0. The third-order valence-electron chi connectivity index (χ3n) is 2.24. The SMILES string of the molecule is Cc1nonc1COc1ccc([N+](=O)[O-])c(Cl)c1. The molecule has 1 aromatic carbocycles. The van der Waals surface area contributed by atoms with Gasteiger partial charge in [-0.1, -0.05) is 21.9 Å². The molecule has 0 spiro atoms. The van der Waals surface area contributed by atoms with Crippen molar-refractivity contribution in [3.63, 3.8) is 0 Å². The molecule has 0 aliphatic carbocycles. The molecule has 8 heteroatoms. The highest BCUT2D eigenvalue weighted by Gasteiger charge is 2.13. The minimum Gasteiger partial charge on any atom is -0.487 e. The molecule has 0 amide bonds. The van der Waals surface area contributed by atoms with Crippen LogP contribution in [0.25, 0.3) is 0 Å². The average molecular weight is 270 g/mol. The van der Waals surface area contributed by atoms with E-state index in [1.54, 1.807) is 6.92 Å². The molecular weight excluding hydrogens is 262 g/mol. The summed E-state index contributed by atoms with van der Waals surface area (Å²) in [5.74, 6) is 0.410. The van der Waals surface area contributed by atoms with Crippen molar-refractivity contribution in [2.24, 2.45) is 0 Å². The van der Waals surface area contributed by atoms with Gasteiger partial charge in [0.1, 0.15) is 28.8 Å². The van der Waals surface area contributed by atoms with Crippen LogP contribution in [0.5, 0.6) is 5.75 Å². The summed E-state index contributed by atoms with van der Waals surface area (Å²) in [6.45, 7) is 1.89. The van der Waals surface area contributed by atoms with E-state index in [1.807, 2.05) is 0 Å². The average Bonchev–Trinajstić information content (AvgIpc) is 2.72. The lowest BCUT2D eigenvalue weighted by Gasteiger charge is -2.04. The van der Waals surface area contributed by atoms with Gasteiger partial charge in [-0.2, -0.15) is 0 Å². The number of nitro groups is 1. The summed E-state index contributed by atoms with van der Waals surface area (Å²) in [5, 5.41) is 17.8. The standard InChI is InChI=1S/C10H8ClN3O4/c1-6-9(13-18-12-6)5-17-7-2-3-10(14(15)16)8(11)4-7/h2-4H,5H2,1H3. The van der Waals surface area contributed by atoms with Crippen molar-refractivity contribution in [3.8, 4) is 5.75 Å². The summed E-state index contributed by atoms with van der Waals surface area (Å²) < 4.78 is 9.89. The maximum Gasteiger partial charge on any atom is 0.288 e.